The first-order valence-electron chi connectivity index (χ1n) is 7.35. The van der Waals surface area contributed by atoms with Gasteiger partial charge in [-0.05, 0) is 48.9 Å². The molecule has 0 aliphatic heterocycles. The van der Waals surface area contributed by atoms with Gasteiger partial charge in [-0.15, -0.1) is 0 Å². The minimum atomic E-state index is -0.375. The van der Waals surface area contributed by atoms with E-state index >= 15 is 0 Å². The molecule has 0 saturated heterocycles. The number of allylic oxidation sites excluding steroid dienone is 1. The Morgan fingerprint density at radius 1 is 1.25 bits per heavy atom. The molecule has 2 aromatic rings. The van der Waals surface area contributed by atoms with Crippen LogP contribution in [-0.2, 0) is 0 Å². The third-order valence-corrected chi connectivity index (χ3v) is 3.77. The van der Waals surface area contributed by atoms with Crippen LogP contribution < -0.4 is 10.7 Å². The van der Waals surface area contributed by atoms with E-state index in [1.807, 2.05) is 13.0 Å². The molecule has 0 heterocycles. The van der Waals surface area contributed by atoms with Gasteiger partial charge in [0.2, 0.25) is 5.43 Å². The zero-order chi connectivity index (χ0) is 17.5. The molecule has 0 radical (unpaired) electrons. The quantitative estimate of drug-likeness (QED) is 0.626. The fourth-order valence-electron chi connectivity index (χ4n) is 2.08. The summed E-state index contributed by atoms with van der Waals surface area (Å²) < 4.78 is 0.652. The van der Waals surface area contributed by atoms with Crippen LogP contribution in [0.15, 0.2) is 57.8 Å². The van der Waals surface area contributed by atoms with E-state index in [0.717, 1.165) is 5.56 Å². The van der Waals surface area contributed by atoms with E-state index in [-0.39, 0.29) is 16.8 Å². The van der Waals surface area contributed by atoms with E-state index in [4.69, 9.17) is 5.26 Å². The van der Waals surface area contributed by atoms with Crippen molar-refractivity contribution in [1.82, 2.24) is 0 Å². The second-order valence-electron chi connectivity index (χ2n) is 4.98. The maximum Gasteiger partial charge on any atom is 0.212 e. The minimum absolute atomic E-state index is 0.0905. The van der Waals surface area contributed by atoms with E-state index in [1.54, 1.807) is 42.5 Å². The zero-order valence-electron chi connectivity index (χ0n) is 13.0. The highest BCUT2D eigenvalue weighted by Crippen LogP contribution is 2.13. The molecule has 4 nitrogen and oxygen atoms in total. The number of nitrogens with one attached hydrogen (secondary N) is 1. The number of hydrogen-bond acceptors (Lipinski definition) is 4. The molecule has 1 N–H and O–H groups in total. The lowest BCUT2D eigenvalue weighted by atomic mass is 10.1. The first-order valence-corrected chi connectivity index (χ1v) is 8.14. The van der Waals surface area contributed by atoms with Crippen LogP contribution in [0, 0.1) is 11.3 Å². The third kappa shape index (κ3) is 4.40. The molecule has 2 rings (SSSR count). The highest BCUT2D eigenvalue weighted by molar-refractivity contribution is 9.10. The highest BCUT2D eigenvalue weighted by atomic mass is 79.9. The number of carbonyl (C=O) groups excluding carboxylic acids is 1. The Bertz CT molecular complexity index is 881. The third-order valence-electron chi connectivity index (χ3n) is 3.28. The second-order valence-corrected chi connectivity index (χ2v) is 5.90. The van der Waals surface area contributed by atoms with Gasteiger partial charge in [0, 0.05) is 11.0 Å². The van der Waals surface area contributed by atoms with Crippen molar-refractivity contribution in [2.45, 2.75) is 6.92 Å². The lowest BCUT2D eigenvalue weighted by Gasteiger charge is -1.99. The smallest absolute Gasteiger partial charge is 0.212 e. The molecule has 0 aliphatic rings. The Balaban J connectivity index is 2.35. The molecule has 0 amide bonds. The maximum absolute atomic E-state index is 12.5. The fraction of sp³-hybridized carbons (Fsp3) is 0.105. The normalized spacial score (nSPS) is 10.4. The van der Waals surface area contributed by atoms with Gasteiger partial charge in [0.15, 0.2) is 5.78 Å². The van der Waals surface area contributed by atoms with Crippen LogP contribution in [0.3, 0.4) is 0 Å². The summed E-state index contributed by atoms with van der Waals surface area (Å²) in [7, 11) is 0. The van der Waals surface area contributed by atoms with Gasteiger partial charge in [-0.3, -0.25) is 9.59 Å². The Labute approximate surface area is 148 Å². The summed E-state index contributed by atoms with van der Waals surface area (Å²) in [6.07, 6.45) is 2.98. The standard InChI is InChI=1S/C19H15BrN2O2/c1-2-22-17-9-8-15(20)11-16(19(17)24)18(23)10-7-13-3-5-14(12-21)6-4-13/h3-11H,2H2,1H3,(H,22,24). The van der Waals surface area contributed by atoms with Crippen LogP contribution in [0.2, 0.25) is 0 Å². The molecule has 0 bridgehead atoms. The van der Waals surface area contributed by atoms with Crippen molar-refractivity contribution in [3.8, 4) is 6.07 Å². The molecule has 0 saturated carbocycles. The van der Waals surface area contributed by atoms with Gasteiger partial charge in [0.05, 0.1) is 22.9 Å². The topological polar surface area (TPSA) is 70.0 Å². The zero-order valence-corrected chi connectivity index (χ0v) is 14.6. The van der Waals surface area contributed by atoms with E-state index in [2.05, 4.69) is 21.2 Å². The van der Waals surface area contributed by atoms with Gasteiger partial charge in [-0.1, -0.05) is 34.1 Å². The number of halogens is 1. The second kappa shape index (κ2) is 8.23. The fourth-order valence-corrected chi connectivity index (χ4v) is 2.44. The molecule has 120 valence electrons. The first kappa shape index (κ1) is 17.6. The predicted molar refractivity (Wildman–Crippen MR) is 99.1 cm³/mol. The molecule has 0 aromatic heterocycles. The molecule has 0 atom stereocenters. The Morgan fingerprint density at radius 2 is 1.96 bits per heavy atom. The molecular formula is C19H15BrN2O2. The summed E-state index contributed by atoms with van der Waals surface area (Å²) in [6.45, 7) is 2.47. The van der Waals surface area contributed by atoms with Gasteiger partial charge < -0.3 is 5.32 Å². The summed E-state index contributed by atoms with van der Waals surface area (Å²) in [5, 5.41) is 11.7. The van der Waals surface area contributed by atoms with E-state index in [9.17, 15) is 9.59 Å². The van der Waals surface area contributed by atoms with Gasteiger partial charge in [-0.25, -0.2) is 0 Å². The number of ketones is 1. The van der Waals surface area contributed by atoms with Gasteiger partial charge in [-0.2, -0.15) is 5.26 Å². The molecule has 24 heavy (non-hydrogen) atoms. The summed E-state index contributed by atoms with van der Waals surface area (Å²) in [4.78, 5) is 24.9. The van der Waals surface area contributed by atoms with Crippen LogP contribution in [0.1, 0.15) is 28.4 Å². The molecule has 0 unspecified atom stereocenters. The van der Waals surface area contributed by atoms with Crippen molar-refractivity contribution in [3.05, 3.63) is 79.9 Å². The molecule has 0 spiro atoms. The number of carbonyl (C=O) groups is 1. The van der Waals surface area contributed by atoms with Gasteiger partial charge in [0.1, 0.15) is 0 Å². The molecule has 5 heteroatoms. The lowest BCUT2D eigenvalue weighted by Crippen LogP contribution is -2.15. The van der Waals surface area contributed by atoms with Crippen molar-refractivity contribution < 1.29 is 4.79 Å². The lowest BCUT2D eigenvalue weighted by molar-refractivity contribution is 0.104. The van der Waals surface area contributed by atoms with Crippen molar-refractivity contribution in [2.24, 2.45) is 0 Å². The summed E-state index contributed by atoms with van der Waals surface area (Å²) in [6, 6.07) is 13.8. The van der Waals surface area contributed by atoms with Crippen molar-refractivity contribution in [3.63, 3.8) is 0 Å². The van der Waals surface area contributed by atoms with Crippen molar-refractivity contribution in [2.75, 3.05) is 11.9 Å². The largest absolute Gasteiger partial charge is 0.382 e. The number of nitriles is 1. The number of benzene rings is 1. The van der Waals surface area contributed by atoms with Crippen LogP contribution in [0.5, 0.6) is 0 Å². The van der Waals surface area contributed by atoms with Crippen molar-refractivity contribution in [1.29, 1.82) is 5.26 Å². The van der Waals surface area contributed by atoms with Crippen LogP contribution in [0.25, 0.3) is 6.08 Å². The van der Waals surface area contributed by atoms with E-state index in [1.165, 1.54) is 12.1 Å². The van der Waals surface area contributed by atoms with E-state index in [0.29, 0.717) is 22.3 Å². The van der Waals surface area contributed by atoms with Gasteiger partial charge >= 0.3 is 0 Å². The molecular weight excluding hydrogens is 368 g/mol. The molecule has 0 aliphatic carbocycles. The Morgan fingerprint density at radius 3 is 2.58 bits per heavy atom. The van der Waals surface area contributed by atoms with Crippen LogP contribution >= 0.6 is 15.9 Å². The number of hydrogen-bond donors (Lipinski definition) is 1. The maximum atomic E-state index is 12.5. The van der Waals surface area contributed by atoms with Crippen LogP contribution in [0.4, 0.5) is 5.69 Å². The molecule has 2 aromatic carbocycles. The summed E-state index contributed by atoms with van der Waals surface area (Å²) in [5.41, 5.74) is 1.47. The average molecular weight is 383 g/mol. The van der Waals surface area contributed by atoms with Crippen molar-refractivity contribution >= 4 is 33.5 Å². The minimum Gasteiger partial charge on any atom is -0.382 e. The highest BCUT2D eigenvalue weighted by Gasteiger charge is 2.10. The molecule has 0 fully saturated rings. The predicted octanol–water partition coefficient (Wildman–Crippen LogP) is 4.01. The SMILES string of the molecule is CCNc1ccc(Br)cc(C(=O)C=Cc2ccc(C#N)cc2)c1=O. The average Bonchev–Trinajstić information content (AvgIpc) is 2.74. The van der Waals surface area contributed by atoms with E-state index < -0.39 is 0 Å². The van der Waals surface area contributed by atoms with Crippen LogP contribution in [-0.4, -0.2) is 12.3 Å². The Hall–Kier alpha value is -2.71. The number of rotatable bonds is 5. The number of nitrogens with zero attached hydrogens (tertiary/aromatic N) is 1. The summed E-state index contributed by atoms with van der Waals surface area (Å²) >= 11 is 3.32. The monoisotopic (exact) mass is 382 g/mol. The van der Waals surface area contributed by atoms with Gasteiger partial charge in [0.25, 0.3) is 0 Å². The Kier molecular flexibility index (Phi) is 6.05. The first-order chi connectivity index (χ1) is 11.5. The summed E-state index contributed by atoms with van der Waals surface area (Å²) in [5.74, 6) is -0.375. The number of anilines is 1.